The molecule has 8 nitrogen and oxygen atoms in total. The largest absolute Gasteiger partial charge is 0.467 e. The molecular weight excluding hydrogens is 398 g/mol. The van der Waals surface area contributed by atoms with Gasteiger partial charge in [-0.05, 0) is 37.1 Å². The molecule has 0 saturated heterocycles. The molecule has 8 heteroatoms. The van der Waals surface area contributed by atoms with Gasteiger partial charge in [-0.2, -0.15) is 5.26 Å². The van der Waals surface area contributed by atoms with Crippen LogP contribution in [0.15, 0.2) is 47.1 Å². The fourth-order valence-corrected chi connectivity index (χ4v) is 2.81. The highest BCUT2D eigenvalue weighted by Gasteiger charge is 2.27. The monoisotopic (exact) mass is 425 g/mol. The first-order chi connectivity index (χ1) is 14.8. The molecule has 2 rings (SSSR count). The van der Waals surface area contributed by atoms with Gasteiger partial charge in [-0.3, -0.25) is 9.59 Å². The van der Waals surface area contributed by atoms with Crippen LogP contribution in [0.2, 0.25) is 0 Å². The molecule has 31 heavy (non-hydrogen) atoms. The summed E-state index contributed by atoms with van der Waals surface area (Å²) in [4.78, 5) is 39.0. The van der Waals surface area contributed by atoms with Gasteiger partial charge in [-0.25, -0.2) is 4.79 Å². The normalized spacial score (nSPS) is 11.5. The van der Waals surface area contributed by atoms with Crippen LogP contribution in [-0.4, -0.2) is 41.9 Å². The Hall–Kier alpha value is -3.60. The number of carbonyl (C=O) groups excluding carboxylic acids is 3. The summed E-state index contributed by atoms with van der Waals surface area (Å²) >= 11 is 0. The average Bonchev–Trinajstić information content (AvgIpc) is 3.26. The van der Waals surface area contributed by atoms with Crippen LogP contribution in [0.25, 0.3) is 0 Å². The second kappa shape index (κ2) is 11.6. The molecule has 0 radical (unpaired) electrons. The first-order valence-corrected chi connectivity index (χ1v) is 10.0. The third kappa shape index (κ3) is 7.30. The smallest absolute Gasteiger partial charge is 0.329 e. The van der Waals surface area contributed by atoms with E-state index in [4.69, 9.17) is 14.4 Å². The van der Waals surface area contributed by atoms with Gasteiger partial charge in [0.2, 0.25) is 0 Å². The Labute approximate surface area is 181 Å². The van der Waals surface area contributed by atoms with Crippen LogP contribution < -0.4 is 5.32 Å². The van der Waals surface area contributed by atoms with Crippen LogP contribution in [0.5, 0.6) is 0 Å². The van der Waals surface area contributed by atoms with Crippen molar-refractivity contribution in [3.63, 3.8) is 0 Å². The summed E-state index contributed by atoms with van der Waals surface area (Å²) in [5, 5.41) is 11.5. The van der Waals surface area contributed by atoms with Crippen LogP contribution in [0.4, 0.5) is 0 Å². The zero-order valence-corrected chi connectivity index (χ0v) is 18.0. The third-order valence-electron chi connectivity index (χ3n) is 4.63. The Morgan fingerprint density at radius 2 is 1.90 bits per heavy atom. The Bertz CT molecular complexity index is 914. The van der Waals surface area contributed by atoms with Gasteiger partial charge in [0.25, 0.3) is 11.8 Å². The minimum atomic E-state index is -0.903. The maximum absolute atomic E-state index is 12.6. The number of rotatable bonds is 10. The Morgan fingerprint density at radius 3 is 2.48 bits per heavy atom. The molecule has 0 aliphatic heterocycles. The number of benzene rings is 1. The number of nitrogens with one attached hydrogen (secondary N) is 1. The zero-order chi connectivity index (χ0) is 22.8. The first-order valence-electron chi connectivity index (χ1n) is 10.0. The van der Waals surface area contributed by atoms with E-state index < -0.39 is 30.4 Å². The topological polar surface area (TPSA) is 113 Å². The quantitative estimate of drug-likeness (QED) is 0.586. The molecule has 0 aliphatic rings. The van der Waals surface area contributed by atoms with Crippen molar-refractivity contribution in [1.82, 2.24) is 10.2 Å². The summed E-state index contributed by atoms with van der Waals surface area (Å²) in [5.74, 6) is -1.22. The van der Waals surface area contributed by atoms with Crippen LogP contribution in [0.1, 0.15) is 41.9 Å². The number of furan rings is 1. The molecule has 1 atom stereocenters. The van der Waals surface area contributed by atoms with Crippen LogP contribution in [-0.2, 0) is 20.9 Å². The number of carbonyl (C=O) groups is 3. The average molecular weight is 425 g/mol. The summed E-state index contributed by atoms with van der Waals surface area (Å²) in [7, 11) is 0. The molecule has 164 valence electrons. The van der Waals surface area contributed by atoms with E-state index in [0.717, 1.165) is 5.56 Å². The number of hydrogen-bond donors (Lipinski definition) is 1. The molecule has 0 bridgehead atoms. The standard InChI is InChI=1S/C23H27N3O5/c1-16(2)21(25-22(28)18-9-7-17(3)8-10-18)23(29)31-15-20(27)26(12-5-11-24)14-19-6-4-13-30-19/h4,6-10,13,16,21H,5,12,14-15H2,1-3H3,(H,25,28)/t21-/m0/s1. The van der Waals surface area contributed by atoms with Crippen molar-refractivity contribution in [2.75, 3.05) is 13.2 Å². The van der Waals surface area contributed by atoms with Gasteiger partial charge in [0, 0.05) is 12.1 Å². The van der Waals surface area contributed by atoms with Gasteiger partial charge >= 0.3 is 5.97 Å². The van der Waals surface area contributed by atoms with Gasteiger partial charge in [0.15, 0.2) is 6.61 Å². The highest BCUT2D eigenvalue weighted by molar-refractivity contribution is 5.97. The van der Waals surface area contributed by atoms with Crippen LogP contribution in [0.3, 0.4) is 0 Å². The summed E-state index contributed by atoms with van der Waals surface area (Å²) < 4.78 is 10.5. The second-order valence-corrected chi connectivity index (χ2v) is 7.47. The third-order valence-corrected chi connectivity index (χ3v) is 4.63. The SMILES string of the molecule is Cc1ccc(C(=O)N[C@H](C(=O)OCC(=O)N(CCC#N)Cc2ccco2)C(C)C)cc1. The molecule has 0 saturated carbocycles. The van der Waals surface area contributed by atoms with Crippen molar-refractivity contribution >= 4 is 17.8 Å². The van der Waals surface area contributed by atoms with Crippen molar-refractivity contribution in [2.24, 2.45) is 5.92 Å². The predicted molar refractivity (Wildman–Crippen MR) is 113 cm³/mol. The number of ether oxygens (including phenoxy) is 1. The van der Waals surface area contributed by atoms with E-state index in [0.29, 0.717) is 11.3 Å². The van der Waals surface area contributed by atoms with Crippen molar-refractivity contribution in [3.05, 3.63) is 59.5 Å². The summed E-state index contributed by atoms with van der Waals surface area (Å²) in [6.07, 6.45) is 1.63. The maximum Gasteiger partial charge on any atom is 0.329 e. The lowest BCUT2D eigenvalue weighted by Gasteiger charge is -2.23. The second-order valence-electron chi connectivity index (χ2n) is 7.47. The van der Waals surface area contributed by atoms with E-state index in [2.05, 4.69) is 5.32 Å². The Morgan fingerprint density at radius 1 is 1.19 bits per heavy atom. The minimum Gasteiger partial charge on any atom is -0.467 e. The highest BCUT2D eigenvalue weighted by Crippen LogP contribution is 2.10. The summed E-state index contributed by atoms with van der Waals surface area (Å²) in [6.45, 7) is 5.33. The van der Waals surface area contributed by atoms with E-state index in [1.807, 2.05) is 25.1 Å². The predicted octanol–water partition coefficient (Wildman–Crippen LogP) is 2.83. The fourth-order valence-electron chi connectivity index (χ4n) is 2.81. The van der Waals surface area contributed by atoms with E-state index in [1.54, 1.807) is 38.1 Å². The van der Waals surface area contributed by atoms with Gasteiger partial charge < -0.3 is 19.4 Å². The van der Waals surface area contributed by atoms with Gasteiger partial charge in [-0.1, -0.05) is 31.5 Å². The maximum atomic E-state index is 12.6. The van der Waals surface area contributed by atoms with Gasteiger partial charge in [0.05, 0.1) is 25.3 Å². The van der Waals surface area contributed by atoms with E-state index in [-0.39, 0.29) is 25.4 Å². The van der Waals surface area contributed by atoms with Crippen molar-refractivity contribution < 1.29 is 23.5 Å². The number of nitrogens with zero attached hydrogens (tertiary/aromatic N) is 2. The lowest BCUT2D eigenvalue weighted by atomic mass is 10.0. The fraction of sp³-hybridized carbons (Fsp3) is 0.391. The van der Waals surface area contributed by atoms with E-state index >= 15 is 0 Å². The molecule has 0 aliphatic carbocycles. The highest BCUT2D eigenvalue weighted by atomic mass is 16.5. The molecule has 0 unspecified atom stereocenters. The molecule has 1 aromatic heterocycles. The molecule has 1 aromatic carbocycles. The summed E-state index contributed by atoms with van der Waals surface area (Å²) in [5.41, 5.74) is 1.45. The summed E-state index contributed by atoms with van der Waals surface area (Å²) in [6, 6.07) is 11.5. The molecule has 0 fully saturated rings. The zero-order valence-electron chi connectivity index (χ0n) is 18.0. The molecule has 2 aromatic rings. The Kier molecular flexibility index (Phi) is 8.82. The van der Waals surface area contributed by atoms with Crippen LogP contribution in [0, 0.1) is 24.2 Å². The molecule has 1 N–H and O–H groups in total. The van der Waals surface area contributed by atoms with Crippen molar-refractivity contribution in [3.8, 4) is 6.07 Å². The van der Waals surface area contributed by atoms with Crippen molar-refractivity contribution in [2.45, 2.75) is 39.8 Å². The number of nitriles is 1. The van der Waals surface area contributed by atoms with Crippen molar-refractivity contribution in [1.29, 1.82) is 5.26 Å². The van der Waals surface area contributed by atoms with E-state index in [9.17, 15) is 14.4 Å². The van der Waals surface area contributed by atoms with Crippen LogP contribution >= 0.6 is 0 Å². The first kappa shape index (κ1) is 23.7. The lowest BCUT2D eigenvalue weighted by Crippen LogP contribution is -2.46. The molecule has 1 heterocycles. The Balaban J connectivity index is 1.97. The molecule has 2 amide bonds. The van der Waals surface area contributed by atoms with Gasteiger partial charge in [0.1, 0.15) is 11.8 Å². The lowest BCUT2D eigenvalue weighted by molar-refractivity contribution is -0.154. The van der Waals surface area contributed by atoms with Gasteiger partial charge in [-0.15, -0.1) is 0 Å². The number of aryl methyl sites for hydroxylation is 1. The van der Waals surface area contributed by atoms with E-state index in [1.165, 1.54) is 11.2 Å². The molecular formula is C23H27N3O5. The molecule has 0 spiro atoms. The minimum absolute atomic E-state index is 0.140. The number of amides is 2. The number of hydrogen-bond acceptors (Lipinski definition) is 6. The number of esters is 1.